The van der Waals surface area contributed by atoms with E-state index in [1.54, 1.807) is 12.1 Å². The van der Waals surface area contributed by atoms with E-state index in [2.05, 4.69) is 4.74 Å². The second-order valence-electron chi connectivity index (χ2n) is 4.04. The number of likely N-dealkylation sites (tertiary alicyclic amines) is 1. The maximum atomic E-state index is 11.9. The number of rotatable bonds is 3. The SMILES string of the molecule is OC1CN(Cc2ccc(OC(F)(F)F)cc2)C1. The molecule has 1 N–H and O–H groups in total. The number of β-amino-alcohol motifs (C(OH)–C–C–N with tert-alkyl or cyclic N) is 1. The Morgan fingerprint density at radius 3 is 2.29 bits per heavy atom. The zero-order valence-corrected chi connectivity index (χ0v) is 8.94. The summed E-state index contributed by atoms with van der Waals surface area (Å²) < 4.78 is 39.5. The van der Waals surface area contributed by atoms with Gasteiger partial charge in [-0.3, -0.25) is 4.90 Å². The van der Waals surface area contributed by atoms with Crippen molar-refractivity contribution in [3.05, 3.63) is 29.8 Å². The van der Waals surface area contributed by atoms with Crippen LogP contribution in [0.2, 0.25) is 0 Å². The van der Waals surface area contributed by atoms with Gasteiger partial charge in [0, 0.05) is 19.6 Å². The first kappa shape index (κ1) is 12.2. The van der Waals surface area contributed by atoms with Crippen molar-refractivity contribution in [2.24, 2.45) is 0 Å². The number of aliphatic hydroxyl groups is 1. The van der Waals surface area contributed by atoms with E-state index < -0.39 is 6.36 Å². The summed E-state index contributed by atoms with van der Waals surface area (Å²) in [5, 5.41) is 9.08. The molecule has 0 spiro atoms. The number of halogens is 3. The summed E-state index contributed by atoms with van der Waals surface area (Å²) in [4.78, 5) is 2.00. The summed E-state index contributed by atoms with van der Waals surface area (Å²) in [6.07, 6.45) is -4.92. The molecule has 0 aromatic heterocycles. The minimum atomic E-state index is -4.65. The summed E-state index contributed by atoms with van der Waals surface area (Å²) >= 11 is 0. The highest BCUT2D eigenvalue weighted by molar-refractivity contribution is 5.27. The molecule has 0 radical (unpaired) electrons. The molecule has 1 aromatic carbocycles. The Hall–Kier alpha value is -1.27. The standard InChI is InChI=1S/C11H12F3NO2/c12-11(13,14)17-10-3-1-8(2-4-10)5-15-6-9(16)7-15/h1-4,9,16H,5-7H2. The first-order chi connectivity index (χ1) is 7.92. The Balaban J connectivity index is 1.89. The van der Waals surface area contributed by atoms with Gasteiger partial charge in [-0.05, 0) is 17.7 Å². The van der Waals surface area contributed by atoms with Crippen LogP contribution in [0, 0.1) is 0 Å². The summed E-state index contributed by atoms with van der Waals surface area (Å²) in [7, 11) is 0. The number of nitrogens with zero attached hydrogens (tertiary/aromatic N) is 1. The zero-order chi connectivity index (χ0) is 12.5. The summed E-state index contributed by atoms with van der Waals surface area (Å²) in [6, 6.07) is 5.76. The Kier molecular flexibility index (Phi) is 3.26. The van der Waals surface area contributed by atoms with Crippen LogP contribution in [0.15, 0.2) is 24.3 Å². The van der Waals surface area contributed by atoms with Gasteiger partial charge in [-0.1, -0.05) is 12.1 Å². The van der Waals surface area contributed by atoms with Crippen molar-refractivity contribution in [3.8, 4) is 5.75 Å². The van der Waals surface area contributed by atoms with Crippen LogP contribution in [0.5, 0.6) is 5.75 Å². The molecule has 0 unspecified atom stereocenters. The topological polar surface area (TPSA) is 32.7 Å². The molecule has 94 valence electrons. The minimum absolute atomic E-state index is 0.218. The van der Waals surface area contributed by atoms with E-state index in [1.165, 1.54) is 12.1 Å². The fourth-order valence-electron chi connectivity index (χ4n) is 1.73. The smallest absolute Gasteiger partial charge is 0.406 e. The van der Waals surface area contributed by atoms with Crippen molar-refractivity contribution < 1.29 is 23.0 Å². The fourth-order valence-corrected chi connectivity index (χ4v) is 1.73. The third-order valence-corrected chi connectivity index (χ3v) is 2.50. The maximum absolute atomic E-state index is 11.9. The van der Waals surface area contributed by atoms with Crippen LogP contribution in [0.1, 0.15) is 5.56 Å². The van der Waals surface area contributed by atoms with Crippen LogP contribution in [0.4, 0.5) is 13.2 Å². The van der Waals surface area contributed by atoms with Gasteiger partial charge < -0.3 is 9.84 Å². The van der Waals surface area contributed by atoms with Gasteiger partial charge in [-0.15, -0.1) is 13.2 Å². The lowest BCUT2D eigenvalue weighted by Crippen LogP contribution is -2.49. The van der Waals surface area contributed by atoms with Crippen molar-refractivity contribution in [2.45, 2.75) is 19.0 Å². The molecule has 0 atom stereocenters. The summed E-state index contributed by atoms with van der Waals surface area (Å²) in [5.74, 6) is -0.218. The van der Waals surface area contributed by atoms with E-state index in [0.29, 0.717) is 19.6 Å². The molecule has 1 fully saturated rings. The van der Waals surface area contributed by atoms with E-state index in [0.717, 1.165) is 5.56 Å². The van der Waals surface area contributed by atoms with Gasteiger partial charge in [-0.25, -0.2) is 0 Å². The molecule has 1 aromatic rings. The fraction of sp³-hybridized carbons (Fsp3) is 0.455. The number of alkyl halides is 3. The Morgan fingerprint density at radius 1 is 1.24 bits per heavy atom. The van der Waals surface area contributed by atoms with Gasteiger partial charge in [0.15, 0.2) is 0 Å². The lowest BCUT2D eigenvalue weighted by Gasteiger charge is -2.35. The van der Waals surface area contributed by atoms with Crippen LogP contribution >= 0.6 is 0 Å². The third-order valence-electron chi connectivity index (χ3n) is 2.50. The zero-order valence-electron chi connectivity index (χ0n) is 8.94. The molecule has 2 rings (SSSR count). The molecule has 1 saturated heterocycles. The first-order valence-corrected chi connectivity index (χ1v) is 5.17. The highest BCUT2D eigenvalue weighted by Gasteiger charge is 2.31. The molecule has 0 saturated carbocycles. The lowest BCUT2D eigenvalue weighted by molar-refractivity contribution is -0.274. The van der Waals surface area contributed by atoms with Crippen molar-refractivity contribution >= 4 is 0 Å². The number of hydrogen-bond donors (Lipinski definition) is 1. The number of aliphatic hydroxyl groups excluding tert-OH is 1. The van der Waals surface area contributed by atoms with E-state index in [4.69, 9.17) is 5.11 Å². The molecule has 0 aliphatic carbocycles. The predicted molar refractivity (Wildman–Crippen MR) is 54.4 cm³/mol. The van der Waals surface area contributed by atoms with Gasteiger partial charge in [0.05, 0.1) is 6.10 Å². The molecule has 0 amide bonds. The number of benzene rings is 1. The first-order valence-electron chi connectivity index (χ1n) is 5.17. The van der Waals surface area contributed by atoms with E-state index in [-0.39, 0.29) is 11.9 Å². The minimum Gasteiger partial charge on any atom is -0.406 e. The monoisotopic (exact) mass is 247 g/mol. The molecule has 6 heteroatoms. The average Bonchev–Trinajstić information content (AvgIpc) is 2.16. The largest absolute Gasteiger partial charge is 0.573 e. The number of hydrogen-bond acceptors (Lipinski definition) is 3. The summed E-state index contributed by atoms with van der Waals surface area (Å²) in [5.41, 5.74) is 0.895. The van der Waals surface area contributed by atoms with Crippen LogP contribution in [-0.4, -0.2) is 35.6 Å². The van der Waals surface area contributed by atoms with Gasteiger partial charge in [0.2, 0.25) is 0 Å². The van der Waals surface area contributed by atoms with Gasteiger partial charge in [0.25, 0.3) is 0 Å². The van der Waals surface area contributed by atoms with Crippen LogP contribution in [0.25, 0.3) is 0 Å². The Labute approximate surface area is 96.4 Å². The molecule has 0 bridgehead atoms. The molecule has 1 aliphatic heterocycles. The predicted octanol–water partition coefficient (Wildman–Crippen LogP) is 1.76. The quantitative estimate of drug-likeness (QED) is 0.883. The molecule has 1 heterocycles. The van der Waals surface area contributed by atoms with Gasteiger partial charge in [-0.2, -0.15) is 0 Å². The normalized spacial score (nSPS) is 17.9. The van der Waals surface area contributed by atoms with Crippen molar-refractivity contribution in [3.63, 3.8) is 0 Å². The third kappa shape index (κ3) is 3.61. The molecular formula is C11H12F3NO2. The maximum Gasteiger partial charge on any atom is 0.573 e. The van der Waals surface area contributed by atoms with Crippen molar-refractivity contribution in [2.75, 3.05) is 13.1 Å². The molecule has 17 heavy (non-hydrogen) atoms. The van der Waals surface area contributed by atoms with Crippen LogP contribution in [-0.2, 0) is 6.54 Å². The van der Waals surface area contributed by atoms with Crippen LogP contribution < -0.4 is 4.74 Å². The number of ether oxygens (including phenoxy) is 1. The molecule has 1 aliphatic rings. The van der Waals surface area contributed by atoms with Crippen molar-refractivity contribution in [1.82, 2.24) is 4.90 Å². The Bertz CT molecular complexity index is 371. The second-order valence-corrected chi connectivity index (χ2v) is 4.04. The summed E-state index contributed by atoms with van der Waals surface area (Å²) in [6.45, 7) is 1.85. The van der Waals surface area contributed by atoms with E-state index in [1.807, 2.05) is 4.90 Å². The van der Waals surface area contributed by atoms with Crippen molar-refractivity contribution in [1.29, 1.82) is 0 Å². The van der Waals surface area contributed by atoms with E-state index in [9.17, 15) is 13.2 Å². The van der Waals surface area contributed by atoms with Crippen LogP contribution in [0.3, 0.4) is 0 Å². The highest BCUT2D eigenvalue weighted by atomic mass is 19.4. The lowest BCUT2D eigenvalue weighted by atomic mass is 10.1. The second kappa shape index (κ2) is 4.54. The highest BCUT2D eigenvalue weighted by Crippen LogP contribution is 2.23. The molecular weight excluding hydrogens is 235 g/mol. The van der Waals surface area contributed by atoms with Gasteiger partial charge in [0.1, 0.15) is 5.75 Å². The van der Waals surface area contributed by atoms with Gasteiger partial charge >= 0.3 is 6.36 Å². The Morgan fingerprint density at radius 2 is 1.82 bits per heavy atom. The average molecular weight is 247 g/mol. The molecule has 3 nitrogen and oxygen atoms in total. The van der Waals surface area contributed by atoms with E-state index >= 15 is 0 Å².